The molecule has 0 saturated carbocycles. The molecule has 1 amide bonds. The molecule has 0 saturated heterocycles. The van der Waals surface area contributed by atoms with E-state index in [1.807, 2.05) is 42.7 Å². The zero-order chi connectivity index (χ0) is 19.0. The number of thioether (sulfide) groups is 1. The summed E-state index contributed by atoms with van der Waals surface area (Å²) in [5, 5.41) is 11.1. The van der Waals surface area contributed by atoms with Crippen molar-refractivity contribution in [3.05, 3.63) is 58.6 Å². The second kappa shape index (κ2) is 6.96. The van der Waals surface area contributed by atoms with Gasteiger partial charge in [0.15, 0.2) is 11.3 Å². The van der Waals surface area contributed by atoms with E-state index in [-0.39, 0.29) is 5.91 Å². The Morgan fingerprint density at radius 3 is 2.70 bits per heavy atom. The summed E-state index contributed by atoms with van der Waals surface area (Å²) in [6, 6.07) is 13.1. The van der Waals surface area contributed by atoms with Gasteiger partial charge in [0.05, 0.1) is 19.6 Å². The van der Waals surface area contributed by atoms with E-state index in [0.717, 1.165) is 16.1 Å². The maximum atomic E-state index is 12.8. The Morgan fingerprint density at radius 1 is 1.15 bits per heavy atom. The molecule has 0 bridgehead atoms. The molecule has 2 aromatic carbocycles. The predicted octanol–water partition coefficient (Wildman–Crippen LogP) is 1.21. The fourth-order valence-corrected chi connectivity index (χ4v) is 3.52. The molecular formula is C19H18N4O3S. The van der Waals surface area contributed by atoms with Crippen molar-refractivity contribution in [2.24, 2.45) is 10.1 Å². The van der Waals surface area contributed by atoms with Crippen LogP contribution in [-0.4, -0.2) is 36.6 Å². The number of carbonyl (C=O) groups is 1. The quantitative estimate of drug-likeness (QED) is 0.864. The third-order valence-electron chi connectivity index (χ3n) is 4.43. The molecule has 0 aliphatic carbocycles. The Kier molecular flexibility index (Phi) is 4.49. The molecule has 2 aromatic rings. The number of nitrogens with zero attached hydrogens (tertiary/aromatic N) is 3. The molecular weight excluding hydrogens is 364 g/mol. The maximum absolute atomic E-state index is 12.8. The number of amidine groups is 1. The van der Waals surface area contributed by atoms with Crippen molar-refractivity contribution < 1.29 is 14.3 Å². The van der Waals surface area contributed by atoms with Gasteiger partial charge >= 0.3 is 0 Å². The Bertz CT molecular complexity index is 1070. The number of nitrogens with one attached hydrogen (secondary N) is 1. The Morgan fingerprint density at radius 2 is 1.96 bits per heavy atom. The molecule has 0 fully saturated rings. The fraction of sp³-hybridized carbons (Fsp3) is 0.211. The number of hydrazone groups is 1. The van der Waals surface area contributed by atoms with Crippen LogP contribution in [0.4, 0.5) is 0 Å². The Hall–Kier alpha value is -3.00. The molecule has 4 rings (SSSR count). The summed E-state index contributed by atoms with van der Waals surface area (Å²) < 4.78 is 10.8. The van der Waals surface area contributed by atoms with Gasteiger partial charge < -0.3 is 9.47 Å². The fourth-order valence-electron chi connectivity index (χ4n) is 3.15. The van der Waals surface area contributed by atoms with E-state index in [0.29, 0.717) is 22.4 Å². The summed E-state index contributed by atoms with van der Waals surface area (Å²) in [5.41, 5.74) is 1.27. The molecule has 1 atom stereocenters. The lowest BCUT2D eigenvalue weighted by molar-refractivity contribution is -0.116. The summed E-state index contributed by atoms with van der Waals surface area (Å²) in [6.07, 6.45) is 1.34. The number of carbonyl (C=O) groups excluding carboxylic acids is 1. The predicted molar refractivity (Wildman–Crippen MR) is 104 cm³/mol. The van der Waals surface area contributed by atoms with E-state index in [2.05, 4.69) is 10.4 Å². The Labute approximate surface area is 160 Å². The first-order chi connectivity index (χ1) is 13.2. The second-order valence-corrected chi connectivity index (χ2v) is 6.68. The number of para-hydroxylation sites is 1. The number of rotatable bonds is 3. The number of hydrogen-bond donors (Lipinski definition) is 1. The minimum Gasteiger partial charge on any atom is -0.497 e. The van der Waals surface area contributed by atoms with Gasteiger partial charge in [0.25, 0.3) is 5.91 Å². The lowest BCUT2D eigenvalue weighted by atomic mass is 10.1. The zero-order valence-corrected chi connectivity index (χ0v) is 15.9. The summed E-state index contributed by atoms with van der Waals surface area (Å²) in [7, 11) is 3.20. The average molecular weight is 382 g/mol. The number of amides is 1. The first-order valence-electron chi connectivity index (χ1n) is 8.28. The maximum Gasteiger partial charge on any atom is 0.276 e. The second-order valence-electron chi connectivity index (χ2n) is 5.88. The van der Waals surface area contributed by atoms with Gasteiger partial charge in [-0.1, -0.05) is 30.0 Å². The molecule has 0 aromatic heterocycles. The van der Waals surface area contributed by atoms with Gasteiger partial charge in [-0.3, -0.25) is 15.1 Å². The lowest BCUT2D eigenvalue weighted by Gasteiger charge is -2.34. The van der Waals surface area contributed by atoms with Gasteiger partial charge in [0.1, 0.15) is 17.2 Å². The molecule has 2 aliphatic rings. The van der Waals surface area contributed by atoms with Gasteiger partial charge in [-0.25, -0.2) is 5.01 Å². The molecule has 2 aliphatic heterocycles. The average Bonchev–Trinajstić information content (AvgIpc) is 2.72. The number of fused-ring (bicyclic) bond motifs is 2. The van der Waals surface area contributed by atoms with Gasteiger partial charge in [0, 0.05) is 16.8 Å². The summed E-state index contributed by atoms with van der Waals surface area (Å²) in [5.74, 6) is 1.10. The van der Waals surface area contributed by atoms with Crippen LogP contribution in [-0.2, 0) is 4.79 Å². The van der Waals surface area contributed by atoms with Crippen LogP contribution in [0.5, 0.6) is 11.5 Å². The Balaban J connectivity index is 1.97. The molecule has 1 N–H and O–H groups in total. The van der Waals surface area contributed by atoms with Crippen molar-refractivity contribution in [3.8, 4) is 11.5 Å². The van der Waals surface area contributed by atoms with E-state index in [1.165, 1.54) is 11.8 Å². The van der Waals surface area contributed by atoms with Crippen molar-refractivity contribution in [2.75, 3.05) is 20.5 Å². The minimum atomic E-state index is -0.524. The summed E-state index contributed by atoms with van der Waals surface area (Å²) in [4.78, 5) is 17.7. The van der Waals surface area contributed by atoms with Crippen LogP contribution >= 0.6 is 11.8 Å². The number of ether oxygens (including phenoxy) is 2. The first kappa shape index (κ1) is 17.4. The van der Waals surface area contributed by atoms with Crippen molar-refractivity contribution >= 4 is 28.5 Å². The number of benzene rings is 2. The van der Waals surface area contributed by atoms with Crippen molar-refractivity contribution in [2.45, 2.75) is 6.17 Å². The SMILES string of the molecule is COc1ccc(C2N=c3ccccc3=C3C(=O)NC(SC)=NN32)c(OC)c1. The van der Waals surface area contributed by atoms with Crippen LogP contribution in [0.2, 0.25) is 0 Å². The highest BCUT2D eigenvalue weighted by atomic mass is 32.2. The minimum absolute atomic E-state index is 0.200. The molecule has 138 valence electrons. The largest absolute Gasteiger partial charge is 0.497 e. The van der Waals surface area contributed by atoms with Gasteiger partial charge in [-0.05, 0) is 24.5 Å². The van der Waals surface area contributed by atoms with Gasteiger partial charge in [0.2, 0.25) is 0 Å². The van der Waals surface area contributed by atoms with Crippen molar-refractivity contribution in [1.29, 1.82) is 0 Å². The van der Waals surface area contributed by atoms with Gasteiger partial charge in [-0.15, -0.1) is 5.10 Å². The van der Waals surface area contributed by atoms with E-state index in [9.17, 15) is 4.79 Å². The monoisotopic (exact) mass is 382 g/mol. The normalized spacial score (nSPS) is 18.0. The molecule has 1 unspecified atom stereocenters. The van der Waals surface area contributed by atoms with Crippen LogP contribution in [0.25, 0.3) is 5.70 Å². The highest BCUT2D eigenvalue weighted by Crippen LogP contribution is 2.37. The highest BCUT2D eigenvalue weighted by molar-refractivity contribution is 8.13. The molecule has 2 heterocycles. The molecule has 8 heteroatoms. The van der Waals surface area contributed by atoms with Crippen LogP contribution in [0.3, 0.4) is 0 Å². The first-order valence-corrected chi connectivity index (χ1v) is 9.51. The molecule has 7 nitrogen and oxygen atoms in total. The third-order valence-corrected chi connectivity index (χ3v) is 5.00. The molecule has 0 spiro atoms. The van der Waals surface area contributed by atoms with Crippen molar-refractivity contribution in [3.63, 3.8) is 0 Å². The topological polar surface area (TPSA) is 75.5 Å². The van der Waals surface area contributed by atoms with E-state index in [1.54, 1.807) is 25.3 Å². The highest BCUT2D eigenvalue weighted by Gasteiger charge is 2.35. The van der Waals surface area contributed by atoms with Crippen LogP contribution in [0.15, 0.2) is 52.6 Å². The van der Waals surface area contributed by atoms with E-state index < -0.39 is 6.17 Å². The van der Waals surface area contributed by atoms with Gasteiger partial charge in [-0.2, -0.15) is 0 Å². The molecule has 27 heavy (non-hydrogen) atoms. The number of hydrogen-bond acceptors (Lipinski definition) is 7. The number of methoxy groups -OCH3 is 2. The van der Waals surface area contributed by atoms with Crippen LogP contribution in [0, 0.1) is 0 Å². The van der Waals surface area contributed by atoms with Crippen molar-refractivity contribution in [1.82, 2.24) is 10.3 Å². The smallest absolute Gasteiger partial charge is 0.276 e. The lowest BCUT2D eigenvalue weighted by Crippen LogP contribution is -2.50. The standard InChI is InChI=1S/C19H18N4O3S/c1-25-11-8-9-13(15(10-11)26-2)17-20-14-7-5-4-6-12(14)16-18(24)21-19(27-3)22-23(16)17/h4-10,17H,1-3H3,(H,21,22,24). The zero-order valence-electron chi connectivity index (χ0n) is 15.1. The van der Waals surface area contributed by atoms with E-state index >= 15 is 0 Å². The van der Waals surface area contributed by atoms with Crippen LogP contribution < -0.4 is 25.4 Å². The van der Waals surface area contributed by atoms with E-state index in [4.69, 9.17) is 14.5 Å². The van der Waals surface area contributed by atoms with Crippen LogP contribution in [0.1, 0.15) is 11.7 Å². The third kappa shape index (κ3) is 2.91. The summed E-state index contributed by atoms with van der Waals surface area (Å²) in [6.45, 7) is 0. The summed E-state index contributed by atoms with van der Waals surface area (Å²) >= 11 is 1.37. The molecule has 0 radical (unpaired) electrons.